The zero-order valence-corrected chi connectivity index (χ0v) is 11.5. The summed E-state index contributed by atoms with van der Waals surface area (Å²) >= 11 is 0. The number of carbonyl (C=O) groups is 1. The van der Waals surface area contributed by atoms with Crippen LogP contribution in [0.1, 0.15) is 70.6 Å². The summed E-state index contributed by atoms with van der Waals surface area (Å²) < 4.78 is 6.02. The first-order valence-corrected chi connectivity index (χ1v) is 7.94. The molecule has 1 atom stereocenters. The zero-order valence-electron chi connectivity index (χ0n) is 11.5. The topological polar surface area (TPSA) is 26.3 Å². The number of rotatable bonds is 3. The van der Waals surface area contributed by atoms with Crippen molar-refractivity contribution in [2.24, 2.45) is 11.8 Å². The van der Waals surface area contributed by atoms with E-state index in [9.17, 15) is 4.79 Å². The van der Waals surface area contributed by atoms with Crippen molar-refractivity contribution in [2.45, 2.75) is 76.2 Å². The third kappa shape index (κ3) is 2.64. The van der Waals surface area contributed by atoms with Crippen molar-refractivity contribution in [3.05, 3.63) is 0 Å². The maximum atomic E-state index is 12.4. The molecular formula is C16H26O2. The molecule has 3 rings (SSSR count). The standard InChI is InChI=1S/C16H26O2/c17-15(11-13-5-1-2-6-13)14-7-10-18-16(12-14)8-3-4-9-16/h13-14H,1-12H2. The molecule has 0 bridgehead atoms. The average molecular weight is 250 g/mol. The van der Waals surface area contributed by atoms with Crippen molar-refractivity contribution >= 4 is 5.78 Å². The van der Waals surface area contributed by atoms with E-state index in [4.69, 9.17) is 4.74 Å². The molecule has 2 aliphatic carbocycles. The minimum Gasteiger partial charge on any atom is -0.375 e. The largest absolute Gasteiger partial charge is 0.375 e. The monoisotopic (exact) mass is 250 g/mol. The van der Waals surface area contributed by atoms with Crippen molar-refractivity contribution in [1.29, 1.82) is 0 Å². The van der Waals surface area contributed by atoms with Crippen LogP contribution in [0.5, 0.6) is 0 Å². The predicted molar refractivity (Wildman–Crippen MR) is 71.5 cm³/mol. The second-order valence-corrected chi connectivity index (χ2v) is 6.75. The highest BCUT2D eigenvalue weighted by Crippen LogP contribution is 2.43. The first-order chi connectivity index (χ1) is 8.77. The molecule has 0 N–H and O–H groups in total. The fourth-order valence-electron chi connectivity index (χ4n) is 4.34. The molecule has 0 aromatic rings. The lowest BCUT2D eigenvalue weighted by molar-refractivity contribution is -0.137. The maximum absolute atomic E-state index is 12.4. The van der Waals surface area contributed by atoms with Gasteiger partial charge in [-0.25, -0.2) is 0 Å². The lowest BCUT2D eigenvalue weighted by atomic mass is 9.80. The Kier molecular flexibility index (Phi) is 3.74. The number of Topliss-reactive ketones (excluding diaryl/α,β-unsaturated/α-hetero) is 1. The van der Waals surface area contributed by atoms with Gasteiger partial charge in [0.15, 0.2) is 0 Å². The molecule has 3 fully saturated rings. The van der Waals surface area contributed by atoms with Gasteiger partial charge in [-0.2, -0.15) is 0 Å². The van der Waals surface area contributed by atoms with Gasteiger partial charge in [0.05, 0.1) is 5.60 Å². The molecule has 2 heteroatoms. The van der Waals surface area contributed by atoms with E-state index in [1.807, 2.05) is 0 Å². The Morgan fingerprint density at radius 1 is 1.06 bits per heavy atom. The van der Waals surface area contributed by atoms with Gasteiger partial charge in [-0.15, -0.1) is 0 Å². The zero-order chi connectivity index (χ0) is 12.4. The molecule has 18 heavy (non-hydrogen) atoms. The number of ketones is 1. The Morgan fingerprint density at radius 3 is 2.50 bits per heavy atom. The average Bonchev–Trinajstić information content (AvgIpc) is 3.02. The van der Waals surface area contributed by atoms with Crippen LogP contribution >= 0.6 is 0 Å². The van der Waals surface area contributed by atoms with E-state index in [0.717, 1.165) is 25.9 Å². The predicted octanol–water partition coefficient (Wildman–Crippen LogP) is 3.88. The van der Waals surface area contributed by atoms with Crippen molar-refractivity contribution < 1.29 is 9.53 Å². The third-order valence-corrected chi connectivity index (χ3v) is 5.43. The molecule has 1 unspecified atom stereocenters. The normalized spacial score (nSPS) is 32.1. The highest BCUT2D eigenvalue weighted by Gasteiger charge is 2.41. The first-order valence-electron chi connectivity index (χ1n) is 7.94. The molecule has 1 spiro atoms. The van der Waals surface area contributed by atoms with Crippen LogP contribution in [0.4, 0.5) is 0 Å². The van der Waals surface area contributed by atoms with E-state index in [2.05, 4.69) is 0 Å². The van der Waals surface area contributed by atoms with E-state index in [0.29, 0.717) is 17.6 Å². The fraction of sp³-hybridized carbons (Fsp3) is 0.938. The van der Waals surface area contributed by atoms with E-state index < -0.39 is 0 Å². The van der Waals surface area contributed by atoms with Gasteiger partial charge in [0.25, 0.3) is 0 Å². The van der Waals surface area contributed by atoms with Crippen molar-refractivity contribution in [3.63, 3.8) is 0 Å². The smallest absolute Gasteiger partial charge is 0.136 e. The van der Waals surface area contributed by atoms with Crippen LogP contribution in [0.25, 0.3) is 0 Å². The van der Waals surface area contributed by atoms with Crippen LogP contribution in [0.2, 0.25) is 0 Å². The molecule has 0 aromatic heterocycles. The summed E-state index contributed by atoms with van der Waals surface area (Å²) in [6.07, 6.45) is 13.1. The lowest BCUT2D eigenvalue weighted by Gasteiger charge is -2.38. The molecule has 0 aromatic carbocycles. The van der Waals surface area contributed by atoms with E-state index in [1.54, 1.807) is 0 Å². The molecule has 2 saturated carbocycles. The van der Waals surface area contributed by atoms with Gasteiger partial charge >= 0.3 is 0 Å². The summed E-state index contributed by atoms with van der Waals surface area (Å²) in [5.74, 6) is 1.58. The molecule has 1 saturated heterocycles. The Balaban J connectivity index is 1.56. The van der Waals surface area contributed by atoms with Gasteiger partial charge in [-0.3, -0.25) is 4.79 Å². The highest BCUT2D eigenvalue weighted by molar-refractivity contribution is 5.81. The molecular weight excluding hydrogens is 224 g/mol. The minimum atomic E-state index is 0.105. The Hall–Kier alpha value is -0.370. The van der Waals surface area contributed by atoms with Gasteiger partial charge in [0.2, 0.25) is 0 Å². The van der Waals surface area contributed by atoms with Crippen LogP contribution in [-0.4, -0.2) is 18.0 Å². The van der Waals surface area contributed by atoms with Gasteiger partial charge in [-0.05, 0) is 31.6 Å². The summed E-state index contributed by atoms with van der Waals surface area (Å²) in [6.45, 7) is 0.821. The Morgan fingerprint density at radius 2 is 1.78 bits per heavy atom. The van der Waals surface area contributed by atoms with Crippen molar-refractivity contribution in [2.75, 3.05) is 6.61 Å². The second kappa shape index (κ2) is 5.32. The van der Waals surface area contributed by atoms with E-state index in [-0.39, 0.29) is 5.60 Å². The first kappa shape index (κ1) is 12.7. The number of hydrogen-bond acceptors (Lipinski definition) is 2. The molecule has 1 heterocycles. The van der Waals surface area contributed by atoms with Crippen LogP contribution in [-0.2, 0) is 9.53 Å². The molecule has 102 valence electrons. The molecule has 2 nitrogen and oxygen atoms in total. The summed E-state index contributed by atoms with van der Waals surface area (Å²) in [7, 11) is 0. The van der Waals surface area contributed by atoms with Gasteiger partial charge in [-0.1, -0.05) is 38.5 Å². The summed E-state index contributed by atoms with van der Waals surface area (Å²) in [5, 5.41) is 0. The van der Waals surface area contributed by atoms with Gasteiger partial charge in [0, 0.05) is 18.9 Å². The van der Waals surface area contributed by atoms with Crippen LogP contribution < -0.4 is 0 Å². The van der Waals surface area contributed by atoms with E-state index >= 15 is 0 Å². The maximum Gasteiger partial charge on any atom is 0.136 e. The third-order valence-electron chi connectivity index (χ3n) is 5.43. The summed E-state index contributed by atoms with van der Waals surface area (Å²) in [5.41, 5.74) is 0.105. The quantitative estimate of drug-likeness (QED) is 0.760. The number of ether oxygens (including phenoxy) is 1. The second-order valence-electron chi connectivity index (χ2n) is 6.75. The van der Waals surface area contributed by atoms with Crippen molar-refractivity contribution in [3.8, 4) is 0 Å². The lowest BCUT2D eigenvalue weighted by Crippen LogP contribution is -2.40. The van der Waals surface area contributed by atoms with Crippen LogP contribution in [0, 0.1) is 11.8 Å². The highest BCUT2D eigenvalue weighted by atomic mass is 16.5. The van der Waals surface area contributed by atoms with Crippen molar-refractivity contribution in [1.82, 2.24) is 0 Å². The molecule has 0 radical (unpaired) electrons. The van der Waals surface area contributed by atoms with Crippen LogP contribution in [0.15, 0.2) is 0 Å². The Labute approximate surface area is 110 Å². The van der Waals surface area contributed by atoms with Gasteiger partial charge < -0.3 is 4.74 Å². The summed E-state index contributed by atoms with van der Waals surface area (Å²) in [6, 6.07) is 0. The number of carbonyl (C=O) groups excluding carboxylic acids is 1. The minimum absolute atomic E-state index is 0.105. The Bertz CT molecular complexity index is 298. The number of hydrogen-bond donors (Lipinski definition) is 0. The SMILES string of the molecule is O=C(CC1CCCC1)C1CCOC2(CCCC2)C1. The van der Waals surface area contributed by atoms with Gasteiger partial charge in [0.1, 0.15) is 5.78 Å². The molecule has 1 aliphatic heterocycles. The van der Waals surface area contributed by atoms with Crippen LogP contribution in [0.3, 0.4) is 0 Å². The fourth-order valence-corrected chi connectivity index (χ4v) is 4.34. The molecule has 3 aliphatic rings. The summed E-state index contributed by atoms with van der Waals surface area (Å²) in [4.78, 5) is 12.4. The van der Waals surface area contributed by atoms with E-state index in [1.165, 1.54) is 51.4 Å². The molecule has 0 amide bonds.